The molecule has 0 saturated heterocycles. The van der Waals surface area contributed by atoms with E-state index < -0.39 is 36.0 Å². The van der Waals surface area contributed by atoms with Gasteiger partial charge in [-0.1, -0.05) is 35.3 Å². The fourth-order valence-electron chi connectivity index (χ4n) is 3.02. The highest BCUT2D eigenvalue weighted by Crippen LogP contribution is 2.27. The summed E-state index contributed by atoms with van der Waals surface area (Å²) in [4.78, 5) is 24.5. The third kappa shape index (κ3) is 6.41. The maximum Gasteiger partial charge on any atom is 0.232 e. The van der Waals surface area contributed by atoms with Gasteiger partial charge in [-0.25, -0.2) is 0 Å². The molecule has 0 fully saturated rings. The van der Waals surface area contributed by atoms with Crippen molar-refractivity contribution in [2.45, 2.75) is 37.3 Å². The van der Waals surface area contributed by atoms with Crippen LogP contribution in [0.5, 0.6) is 11.5 Å². The van der Waals surface area contributed by atoms with Crippen LogP contribution in [0.4, 0.5) is 0 Å². The van der Waals surface area contributed by atoms with Crippen molar-refractivity contribution in [1.82, 2.24) is 0 Å². The Balaban J connectivity index is 2.00. The molecule has 0 amide bonds. The number of rotatable bonds is 11. The molecule has 0 spiro atoms. The second-order valence-corrected chi connectivity index (χ2v) is 7.91. The van der Waals surface area contributed by atoms with E-state index in [1.165, 1.54) is 26.4 Å². The fraction of sp³-hybridized carbons (Fsp3) is 0.364. The van der Waals surface area contributed by atoms with Crippen LogP contribution in [0.15, 0.2) is 36.4 Å². The van der Waals surface area contributed by atoms with Gasteiger partial charge in [-0.15, -0.1) is 0 Å². The number of halogens is 2. The lowest BCUT2D eigenvalue weighted by atomic mass is 9.94. The van der Waals surface area contributed by atoms with Crippen LogP contribution < -0.4 is 9.47 Å². The molecule has 0 aliphatic rings. The summed E-state index contributed by atoms with van der Waals surface area (Å²) in [6.45, 7) is 0. The molecule has 0 heterocycles. The highest BCUT2D eigenvalue weighted by atomic mass is 35.5. The van der Waals surface area contributed by atoms with Gasteiger partial charge in [0.15, 0.2) is 0 Å². The minimum absolute atomic E-state index is 0.188. The second-order valence-electron chi connectivity index (χ2n) is 7.10. The summed E-state index contributed by atoms with van der Waals surface area (Å²) in [6.07, 6.45) is -7.85. The Hall–Kier alpha value is -2.20. The van der Waals surface area contributed by atoms with Crippen LogP contribution in [-0.4, -0.2) is 70.6 Å². The first kappa shape index (κ1) is 26.1. The summed E-state index contributed by atoms with van der Waals surface area (Å²) < 4.78 is 10.0. The normalized spacial score (nSPS) is 14.9. The third-order valence-electron chi connectivity index (χ3n) is 4.83. The quantitative estimate of drug-likeness (QED) is 0.350. The smallest absolute Gasteiger partial charge is 0.232 e. The zero-order valence-electron chi connectivity index (χ0n) is 17.4. The summed E-state index contributed by atoms with van der Waals surface area (Å²) in [5, 5.41) is 41.1. The van der Waals surface area contributed by atoms with Gasteiger partial charge in [0, 0.05) is 12.8 Å². The lowest BCUT2D eigenvalue weighted by Crippen LogP contribution is -2.47. The van der Waals surface area contributed by atoms with Gasteiger partial charge in [0.05, 0.1) is 36.5 Å². The van der Waals surface area contributed by atoms with E-state index in [2.05, 4.69) is 0 Å². The van der Waals surface area contributed by atoms with E-state index in [0.717, 1.165) is 0 Å². The van der Waals surface area contributed by atoms with Gasteiger partial charge in [0.1, 0.15) is 23.7 Å². The maximum atomic E-state index is 12.3. The largest absolute Gasteiger partial charge is 0.495 e. The summed E-state index contributed by atoms with van der Waals surface area (Å²) in [6, 6.07) is 9.23. The van der Waals surface area contributed by atoms with E-state index in [0.29, 0.717) is 22.6 Å². The SMILES string of the molecule is COc1ccc(CC(O)[C@H](O)C(=O)C(=O)[C@H](O)C(O)Cc2ccc(OC)c(Cl)c2)cc1Cl. The van der Waals surface area contributed by atoms with E-state index in [1.807, 2.05) is 0 Å². The van der Waals surface area contributed by atoms with Gasteiger partial charge >= 0.3 is 0 Å². The van der Waals surface area contributed by atoms with E-state index in [9.17, 15) is 30.0 Å². The number of aliphatic hydroxyl groups excluding tert-OH is 4. The first-order chi connectivity index (χ1) is 15.1. The van der Waals surface area contributed by atoms with Crippen molar-refractivity contribution < 1.29 is 39.5 Å². The molecule has 2 aromatic carbocycles. The molecule has 10 heteroatoms. The zero-order valence-corrected chi connectivity index (χ0v) is 18.9. The lowest BCUT2D eigenvalue weighted by molar-refractivity contribution is -0.152. The number of aliphatic hydroxyl groups is 4. The molecule has 0 bridgehead atoms. The Morgan fingerprint density at radius 2 is 1.09 bits per heavy atom. The lowest BCUT2D eigenvalue weighted by Gasteiger charge is -2.20. The average molecular weight is 487 g/mol. The monoisotopic (exact) mass is 486 g/mol. The highest BCUT2D eigenvalue weighted by Gasteiger charge is 2.36. The molecule has 174 valence electrons. The summed E-state index contributed by atoms with van der Waals surface area (Å²) in [5.74, 6) is -2.02. The number of ether oxygens (including phenoxy) is 2. The summed E-state index contributed by atoms with van der Waals surface area (Å²) >= 11 is 12.0. The molecule has 32 heavy (non-hydrogen) atoms. The van der Waals surface area contributed by atoms with Gasteiger partial charge in [-0.2, -0.15) is 0 Å². The molecule has 0 saturated carbocycles. The second kappa shape index (κ2) is 11.6. The molecular formula is C22H24Cl2O8. The number of hydrogen-bond acceptors (Lipinski definition) is 8. The number of carbonyl (C=O) groups excluding carboxylic acids is 2. The number of Topliss-reactive ketones (excluding diaryl/α,β-unsaturated/α-hetero) is 2. The van der Waals surface area contributed by atoms with Crippen LogP contribution in [0, 0.1) is 0 Å². The zero-order chi connectivity index (χ0) is 24.0. The van der Waals surface area contributed by atoms with Gasteiger partial charge in [-0.3, -0.25) is 9.59 Å². The Labute approximate surface area is 194 Å². The predicted molar refractivity (Wildman–Crippen MR) is 117 cm³/mol. The first-order valence-electron chi connectivity index (χ1n) is 9.54. The molecule has 4 atom stereocenters. The number of hydrogen-bond donors (Lipinski definition) is 4. The van der Waals surface area contributed by atoms with Crippen molar-refractivity contribution in [2.75, 3.05) is 14.2 Å². The van der Waals surface area contributed by atoms with Crippen LogP contribution in [0.25, 0.3) is 0 Å². The number of carbonyl (C=O) groups is 2. The van der Waals surface area contributed by atoms with Crippen molar-refractivity contribution in [3.05, 3.63) is 57.6 Å². The minimum Gasteiger partial charge on any atom is -0.495 e. The molecule has 4 N–H and O–H groups in total. The van der Waals surface area contributed by atoms with Crippen LogP contribution in [0.2, 0.25) is 10.0 Å². The number of ketones is 2. The molecule has 2 unspecified atom stereocenters. The topological polar surface area (TPSA) is 134 Å². The van der Waals surface area contributed by atoms with E-state index in [1.54, 1.807) is 24.3 Å². The molecule has 0 aliphatic heterocycles. The van der Waals surface area contributed by atoms with E-state index >= 15 is 0 Å². The van der Waals surface area contributed by atoms with Gasteiger partial charge < -0.3 is 29.9 Å². The Bertz CT molecular complexity index is 887. The average Bonchev–Trinajstić information content (AvgIpc) is 2.77. The van der Waals surface area contributed by atoms with Crippen molar-refractivity contribution >= 4 is 34.8 Å². The summed E-state index contributed by atoms with van der Waals surface area (Å²) in [7, 11) is 2.87. The van der Waals surface area contributed by atoms with Crippen molar-refractivity contribution in [2.24, 2.45) is 0 Å². The molecular weight excluding hydrogens is 463 g/mol. The van der Waals surface area contributed by atoms with Gasteiger partial charge in [-0.05, 0) is 35.4 Å². The molecule has 0 aliphatic carbocycles. The van der Waals surface area contributed by atoms with Crippen LogP contribution in [-0.2, 0) is 22.4 Å². The van der Waals surface area contributed by atoms with Crippen LogP contribution >= 0.6 is 23.2 Å². The van der Waals surface area contributed by atoms with Crippen LogP contribution in [0.1, 0.15) is 11.1 Å². The molecule has 0 aromatic heterocycles. The van der Waals surface area contributed by atoms with Crippen LogP contribution in [0.3, 0.4) is 0 Å². The van der Waals surface area contributed by atoms with Crippen molar-refractivity contribution in [1.29, 1.82) is 0 Å². The van der Waals surface area contributed by atoms with E-state index in [-0.39, 0.29) is 22.9 Å². The Morgan fingerprint density at radius 1 is 0.750 bits per heavy atom. The Morgan fingerprint density at radius 3 is 1.38 bits per heavy atom. The van der Waals surface area contributed by atoms with Crippen molar-refractivity contribution in [3.63, 3.8) is 0 Å². The molecule has 8 nitrogen and oxygen atoms in total. The molecule has 2 rings (SSSR count). The first-order valence-corrected chi connectivity index (χ1v) is 10.3. The molecule has 2 aromatic rings. The Kier molecular flexibility index (Phi) is 9.45. The number of benzene rings is 2. The number of methoxy groups -OCH3 is 2. The third-order valence-corrected chi connectivity index (χ3v) is 5.42. The fourth-order valence-corrected chi connectivity index (χ4v) is 3.58. The van der Waals surface area contributed by atoms with Gasteiger partial charge in [0.2, 0.25) is 11.6 Å². The van der Waals surface area contributed by atoms with Gasteiger partial charge in [0.25, 0.3) is 0 Å². The highest BCUT2D eigenvalue weighted by molar-refractivity contribution is 6.40. The standard InChI is InChI=1S/C22H24Cl2O8/c1-31-17-5-3-11(7-13(17)23)9-15(25)19(27)21(29)22(30)20(28)16(26)10-12-4-6-18(32-2)14(24)8-12/h3-8,15-16,19-20,25-28H,9-10H2,1-2H3/t15?,16?,19-,20+. The van der Waals surface area contributed by atoms with Crippen molar-refractivity contribution in [3.8, 4) is 11.5 Å². The van der Waals surface area contributed by atoms with E-state index in [4.69, 9.17) is 32.7 Å². The maximum absolute atomic E-state index is 12.3. The minimum atomic E-state index is -2.10. The summed E-state index contributed by atoms with van der Waals surface area (Å²) in [5.41, 5.74) is 0.971. The predicted octanol–water partition coefficient (Wildman–Crippen LogP) is 1.38. The molecule has 0 radical (unpaired) electrons.